The van der Waals surface area contributed by atoms with Gasteiger partial charge in [-0.05, 0) is 17.7 Å². The van der Waals surface area contributed by atoms with E-state index in [0.29, 0.717) is 5.56 Å². The van der Waals surface area contributed by atoms with E-state index in [-0.39, 0.29) is 35.8 Å². The molecule has 0 aliphatic heterocycles. The standard InChI is InChI=1S/C22H17F3N6O2/c23-22(24,25)20-30-18(31-33-20)16-11-27-21(28-12-16)29-17(14-7-3-1-4-8-14)13-26-19(32)15-9-5-2-6-10-15/h1-12,17H,13H2,(H,26,32)(H,27,28,29). The molecule has 1 atom stereocenters. The van der Waals surface area contributed by atoms with Crippen molar-refractivity contribution >= 4 is 11.9 Å². The molecule has 11 heteroatoms. The van der Waals surface area contributed by atoms with E-state index in [1.54, 1.807) is 24.3 Å². The number of aromatic nitrogens is 4. The maximum Gasteiger partial charge on any atom is 0.471 e. The van der Waals surface area contributed by atoms with Gasteiger partial charge in [-0.1, -0.05) is 53.7 Å². The normalized spacial score (nSPS) is 12.2. The summed E-state index contributed by atoms with van der Waals surface area (Å²) in [7, 11) is 0. The van der Waals surface area contributed by atoms with Crippen molar-refractivity contribution in [2.45, 2.75) is 12.2 Å². The minimum Gasteiger partial charge on any atom is -0.350 e. The molecule has 0 radical (unpaired) electrons. The lowest BCUT2D eigenvalue weighted by Crippen LogP contribution is -2.31. The van der Waals surface area contributed by atoms with Gasteiger partial charge in [0.15, 0.2) is 0 Å². The van der Waals surface area contributed by atoms with Crippen molar-refractivity contribution in [3.05, 3.63) is 90.1 Å². The van der Waals surface area contributed by atoms with E-state index in [0.717, 1.165) is 5.56 Å². The second-order valence-corrected chi connectivity index (χ2v) is 6.90. The molecule has 0 aliphatic rings. The van der Waals surface area contributed by atoms with Crippen molar-refractivity contribution in [2.75, 3.05) is 11.9 Å². The molecule has 1 amide bonds. The van der Waals surface area contributed by atoms with Crippen molar-refractivity contribution < 1.29 is 22.5 Å². The highest BCUT2D eigenvalue weighted by Crippen LogP contribution is 2.29. The topological polar surface area (TPSA) is 106 Å². The summed E-state index contributed by atoms with van der Waals surface area (Å²) in [5.74, 6) is -1.74. The van der Waals surface area contributed by atoms with Crippen molar-refractivity contribution in [1.29, 1.82) is 0 Å². The summed E-state index contributed by atoms with van der Waals surface area (Å²) in [6.45, 7) is 0.239. The quantitative estimate of drug-likeness (QED) is 0.433. The van der Waals surface area contributed by atoms with Gasteiger partial charge in [-0.3, -0.25) is 4.79 Å². The Hall–Kier alpha value is -4.28. The molecule has 2 aromatic heterocycles. The zero-order valence-corrected chi connectivity index (χ0v) is 17.0. The number of carbonyl (C=O) groups excluding carboxylic acids is 1. The maximum absolute atomic E-state index is 12.7. The Morgan fingerprint density at radius 3 is 2.21 bits per heavy atom. The van der Waals surface area contributed by atoms with Gasteiger partial charge in [0.1, 0.15) is 0 Å². The van der Waals surface area contributed by atoms with E-state index < -0.39 is 12.1 Å². The summed E-state index contributed by atoms with van der Waals surface area (Å²) in [4.78, 5) is 24.0. The molecule has 0 saturated carbocycles. The highest BCUT2D eigenvalue weighted by Gasteiger charge is 2.38. The minimum atomic E-state index is -4.74. The molecule has 0 aliphatic carbocycles. The first-order valence-corrected chi connectivity index (χ1v) is 9.78. The number of hydrogen-bond acceptors (Lipinski definition) is 7. The Kier molecular flexibility index (Phi) is 6.29. The Bertz CT molecular complexity index is 1200. The average molecular weight is 454 g/mol. The maximum atomic E-state index is 12.7. The first kappa shape index (κ1) is 21.9. The van der Waals surface area contributed by atoms with Gasteiger partial charge in [0.05, 0.1) is 11.6 Å². The molecular formula is C22H17F3N6O2. The number of anilines is 1. The number of carbonyl (C=O) groups is 1. The monoisotopic (exact) mass is 454 g/mol. The molecule has 0 saturated heterocycles. The zero-order valence-electron chi connectivity index (χ0n) is 17.0. The van der Waals surface area contributed by atoms with Crippen LogP contribution < -0.4 is 10.6 Å². The van der Waals surface area contributed by atoms with Gasteiger partial charge < -0.3 is 15.2 Å². The predicted molar refractivity (Wildman–Crippen MR) is 112 cm³/mol. The van der Waals surface area contributed by atoms with Gasteiger partial charge in [0, 0.05) is 24.5 Å². The van der Waals surface area contributed by atoms with E-state index in [1.807, 2.05) is 36.4 Å². The second-order valence-electron chi connectivity index (χ2n) is 6.90. The summed E-state index contributed by atoms with van der Waals surface area (Å²) in [6.07, 6.45) is -2.17. The number of hydrogen-bond donors (Lipinski definition) is 2. The molecule has 2 heterocycles. The number of nitrogens with one attached hydrogen (secondary N) is 2. The summed E-state index contributed by atoms with van der Waals surface area (Å²) in [5.41, 5.74) is 1.57. The molecule has 4 aromatic rings. The van der Waals surface area contributed by atoms with Gasteiger partial charge in [0.2, 0.25) is 11.8 Å². The van der Waals surface area contributed by atoms with Crippen LogP contribution in [0, 0.1) is 0 Å². The van der Waals surface area contributed by atoms with Crippen molar-refractivity contribution in [3.63, 3.8) is 0 Å². The smallest absolute Gasteiger partial charge is 0.350 e. The fourth-order valence-corrected chi connectivity index (χ4v) is 2.95. The van der Waals surface area contributed by atoms with Gasteiger partial charge in [-0.2, -0.15) is 18.2 Å². The fraction of sp³-hybridized carbons (Fsp3) is 0.136. The van der Waals surface area contributed by atoms with Gasteiger partial charge in [-0.25, -0.2) is 9.97 Å². The SMILES string of the molecule is O=C(NCC(Nc1ncc(-c2noc(C(F)(F)F)n2)cn1)c1ccccc1)c1ccccc1. The third kappa shape index (κ3) is 5.50. The molecule has 33 heavy (non-hydrogen) atoms. The largest absolute Gasteiger partial charge is 0.471 e. The number of nitrogens with zero attached hydrogens (tertiary/aromatic N) is 4. The van der Waals surface area contributed by atoms with Gasteiger partial charge >= 0.3 is 12.1 Å². The third-order valence-corrected chi connectivity index (χ3v) is 4.59. The summed E-state index contributed by atoms with van der Waals surface area (Å²) in [6, 6.07) is 17.8. The Morgan fingerprint density at radius 2 is 1.61 bits per heavy atom. The van der Waals surface area contributed by atoms with Crippen LogP contribution in [0.15, 0.2) is 77.6 Å². The molecule has 2 aromatic carbocycles. The lowest BCUT2D eigenvalue weighted by Gasteiger charge is -2.20. The molecule has 0 fully saturated rings. The van der Waals surface area contributed by atoms with Crippen LogP contribution in [0.3, 0.4) is 0 Å². The van der Waals surface area contributed by atoms with Crippen LogP contribution in [0.25, 0.3) is 11.4 Å². The number of benzene rings is 2. The molecule has 0 spiro atoms. The van der Waals surface area contributed by atoms with Crippen molar-refractivity contribution in [3.8, 4) is 11.4 Å². The number of amides is 1. The molecule has 2 N–H and O–H groups in total. The predicted octanol–water partition coefficient (Wildman–Crippen LogP) is 4.13. The summed E-state index contributed by atoms with van der Waals surface area (Å²) in [5, 5.41) is 9.32. The van der Waals surface area contributed by atoms with Crippen LogP contribution in [0.2, 0.25) is 0 Å². The highest BCUT2D eigenvalue weighted by molar-refractivity contribution is 5.94. The van der Waals surface area contributed by atoms with Crippen LogP contribution in [-0.4, -0.2) is 32.6 Å². The lowest BCUT2D eigenvalue weighted by molar-refractivity contribution is -0.159. The van der Waals surface area contributed by atoms with Gasteiger partial charge in [0.25, 0.3) is 5.91 Å². The first-order chi connectivity index (χ1) is 15.9. The Morgan fingerprint density at radius 1 is 0.970 bits per heavy atom. The Balaban J connectivity index is 1.48. The first-order valence-electron chi connectivity index (χ1n) is 9.78. The number of rotatable bonds is 7. The van der Waals surface area contributed by atoms with E-state index in [2.05, 4.69) is 35.3 Å². The molecule has 8 nitrogen and oxygen atoms in total. The number of alkyl halides is 3. The zero-order chi connectivity index (χ0) is 23.3. The van der Waals surface area contributed by atoms with Crippen molar-refractivity contribution in [1.82, 2.24) is 25.4 Å². The summed E-state index contributed by atoms with van der Waals surface area (Å²) >= 11 is 0. The van der Waals surface area contributed by atoms with Crippen LogP contribution in [0.5, 0.6) is 0 Å². The van der Waals surface area contributed by atoms with E-state index >= 15 is 0 Å². The van der Waals surface area contributed by atoms with E-state index in [4.69, 9.17) is 0 Å². The second kappa shape index (κ2) is 9.47. The minimum absolute atomic E-state index is 0.161. The van der Waals surface area contributed by atoms with Crippen LogP contribution >= 0.6 is 0 Å². The molecule has 0 bridgehead atoms. The van der Waals surface area contributed by atoms with Gasteiger partial charge in [-0.15, -0.1) is 0 Å². The third-order valence-electron chi connectivity index (χ3n) is 4.59. The van der Waals surface area contributed by atoms with Crippen LogP contribution in [0.1, 0.15) is 27.9 Å². The lowest BCUT2D eigenvalue weighted by atomic mass is 10.1. The van der Waals surface area contributed by atoms with E-state index in [9.17, 15) is 18.0 Å². The molecule has 168 valence electrons. The summed E-state index contributed by atoms with van der Waals surface area (Å²) < 4.78 is 42.2. The molecule has 1 unspecified atom stereocenters. The highest BCUT2D eigenvalue weighted by atomic mass is 19.4. The molecular weight excluding hydrogens is 437 g/mol. The van der Waals surface area contributed by atoms with E-state index in [1.165, 1.54) is 12.4 Å². The Labute approximate surface area is 185 Å². The average Bonchev–Trinajstić information content (AvgIpc) is 3.34. The fourth-order valence-electron chi connectivity index (χ4n) is 2.95. The molecule has 4 rings (SSSR count). The van der Waals surface area contributed by atoms with Crippen LogP contribution in [-0.2, 0) is 6.18 Å². The van der Waals surface area contributed by atoms with Crippen LogP contribution in [0.4, 0.5) is 19.1 Å². The number of halogens is 3. The van der Waals surface area contributed by atoms with Crippen molar-refractivity contribution in [2.24, 2.45) is 0 Å².